The van der Waals surface area contributed by atoms with Gasteiger partial charge >= 0.3 is 0 Å². The number of para-hydroxylation sites is 1. The van der Waals surface area contributed by atoms with E-state index in [1.807, 2.05) is 24.3 Å². The largest absolute Gasteiger partial charge is 0.507 e. The molecular weight excluding hydrogens is 346 g/mol. The Labute approximate surface area is 137 Å². The zero-order valence-electron chi connectivity index (χ0n) is 12.0. The lowest BCUT2D eigenvalue weighted by atomic mass is 10.2. The number of carbonyl (C=O) groups is 1. The van der Waals surface area contributed by atoms with Crippen LogP contribution < -0.4 is 10.7 Å². The van der Waals surface area contributed by atoms with Gasteiger partial charge in [0.05, 0.1) is 6.21 Å². The maximum Gasteiger partial charge on any atom is 0.262 e. The van der Waals surface area contributed by atoms with Gasteiger partial charge in [-0.1, -0.05) is 28.1 Å². The van der Waals surface area contributed by atoms with Crippen LogP contribution in [0.25, 0.3) is 0 Å². The zero-order valence-corrected chi connectivity index (χ0v) is 13.5. The number of carbonyl (C=O) groups excluding carboxylic acids is 1. The van der Waals surface area contributed by atoms with E-state index in [0.717, 1.165) is 10.2 Å². The summed E-state index contributed by atoms with van der Waals surface area (Å²) in [5.74, 6) is -0.156. The standard InChI is InChI=1S/C16H16BrN3O2/c1-11(19-14-8-6-13(17)7-9-14)16(22)20-18-10-12-4-2-3-5-15(12)21/h2-11,19,21H,1H3,(H,20,22)/b18-10+/t11-/m0/s1. The molecule has 2 aromatic carbocycles. The summed E-state index contributed by atoms with van der Waals surface area (Å²) in [5, 5.41) is 16.5. The molecule has 0 aliphatic carbocycles. The number of hydrogen-bond acceptors (Lipinski definition) is 4. The number of halogens is 1. The van der Waals surface area contributed by atoms with Crippen LogP contribution in [-0.2, 0) is 4.79 Å². The quantitative estimate of drug-likeness (QED) is 0.565. The lowest BCUT2D eigenvalue weighted by Gasteiger charge is -2.13. The summed E-state index contributed by atoms with van der Waals surface area (Å²) >= 11 is 3.36. The number of hydrazone groups is 1. The van der Waals surface area contributed by atoms with Crippen LogP contribution in [0.1, 0.15) is 12.5 Å². The number of anilines is 1. The fraction of sp³-hybridized carbons (Fsp3) is 0.125. The van der Waals surface area contributed by atoms with E-state index in [0.29, 0.717) is 5.56 Å². The van der Waals surface area contributed by atoms with E-state index in [-0.39, 0.29) is 11.7 Å². The number of nitrogens with one attached hydrogen (secondary N) is 2. The summed E-state index contributed by atoms with van der Waals surface area (Å²) < 4.78 is 0.974. The van der Waals surface area contributed by atoms with Crippen molar-refractivity contribution in [3.8, 4) is 5.75 Å². The number of phenolic OH excluding ortho intramolecular Hbond substituents is 1. The van der Waals surface area contributed by atoms with Crippen molar-refractivity contribution in [2.75, 3.05) is 5.32 Å². The van der Waals surface area contributed by atoms with Crippen LogP contribution in [0.15, 0.2) is 58.1 Å². The highest BCUT2D eigenvalue weighted by Gasteiger charge is 2.11. The van der Waals surface area contributed by atoms with Crippen molar-refractivity contribution >= 4 is 33.7 Å². The first-order valence-corrected chi connectivity index (χ1v) is 7.48. The number of nitrogens with zero attached hydrogens (tertiary/aromatic N) is 1. The van der Waals surface area contributed by atoms with Gasteiger partial charge in [0.2, 0.25) is 0 Å². The van der Waals surface area contributed by atoms with Gasteiger partial charge in [-0.25, -0.2) is 5.43 Å². The molecule has 22 heavy (non-hydrogen) atoms. The Balaban J connectivity index is 1.89. The fourth-order valence-corrected chi connectivity index (χ4v) is 1.98. The molecule has 0 radical (unpaired) electrons. The van der Waals surface area contributed by atoms with E-state index < -0.39 is 6.04 Å². The summed E-state index contributed by atoms with van der Waals surface area (Å²) in [7, 11) is 0. The third-order valence-electron chi connectivity index (χ3n) is 2.94. The Kier molecular flexibility index (Phi) is 5.55. The summed E-state index contributed by atoms with van der Waals surface area (Å²) in [5.41, 5.74) is 3.82. The van der Waals surface area contributed by atoms with Crippen LogP contribution in [0.3, 0.4) is 0 Å². The lowest BCUT2D eigenvalue weighted by molar-refractivity contribution is -0.121. The van der Waals surface area contributed by atoms with Gasteiger partial charge < -0.3 is 10.4 Å². The average Bonchev–Trinajstić information content (AvgIpc) is 2.51. The Bertz CT molecular complexity index is 671. The van der Waals surface area contributed by atoms with Crippen LogP contribution in [0.5, 0.6) is 5.75 Å². The van der Waals surface area contributed by atoms with Crippen molar-refractivity contribution in [1.29, 1.82) is 0 Å². The molecule has 0 unspecified atom stereocenters. The highest BCUT2D eigenvalue weighted by atomic mass is 79.9. The maximum absolute atomic E-state index is 11.9. The molecule has 0 aliphatic heterocycles. The molecule has 0 fully saturated rings. The number of phenols is 1. The molecule has 5 nitrogen and oxygen atoms in total. The van der Waals surface area contributed by atoms with Crippen LogP contribution >= 0.6 is 15.9 Å². The number of benzene rings is 2. The molecule has 114 valence electrons. The van der Waals surface area contributed by atoms with Crippen LogP contribution in [-0.4, -0.2) is 23.3 Å². The molecule has 0 bridgehead atoms. The molecule has 1 amide bonds. The Morgan fingerprint density at radius 2 is 1.91 bits per heavy atom. The minimum Gasteiger partial charge on any atom is -0.507 e. The highest BCUT2D eigenvalue weighted by molar-refractivity contribution is 9.10. The Morgan fingerprint density at radius 3 is 2.59 bits per heavy atom. The van der Waals surface area contributed by atoms with E-state index in [1.165, 1.54) is 6.21 Å². The van der Waals surface area contributed by atoms with Gasteiger partial charge in [0, 0.05) is 15.7 Å². The molecule has 2 rings (SSSR count). The minimum atomic E-state index is -0.442. The normalized spacial score (nSPS) is 12.1. The monoisotopic (exact) mass is 361 g/mol. The molecule has 6 heteroatoms. The maximum atomic E-state index is 11.9. The predicted octanol–water partition coefficient (Wildman–Crippen LogP) is 3.11. The SMILES string of the molecule is C[C@H](Nc1ccc(Br)cc1)C(=O)N/N=C/c1ccccc1O. The topological polar surface area (TPSA) is 73.7 Å². The van der Waals surface area contributed by atoms with Crippen molar-refractivity contribution in [2.24, 2.45) is 5.10 Å². The summed E-state index contributed by atoms with van der Waals surface area (Å²) in [4.78, 5) is 11.9. The van der Waals surface area contributed by atoms with Gasteiger partial charge in [-0.2, -0.15) is 5.10 Å². The van der Waals surface area contributed by atoms with Gasteiger partial charge in [0.1, 0.15) is 11.8 Å². The first-order valence-electron chi connectivity index (χ1n) is 6.69. The number of aromatic hydroxyl groups is 1. The van der Waals surface area contributed by atoms with Gasteiger partial charge in [-0.05, 0) is 43.3 Å². The fourth-order valence-electron chi connectivity index (χ4n) is 1.72. The first kappa shape index (κ1) is 16.0. The van der Waals surface area contributed by atoms with E-state index in [2.05, 4.69) is 31.8 Å². The molecule has 0 saturated heterocycles. The highest BCUT2D eigenvalue weighted by Crippen LogP contribution is 2.15. The molecule has 0 saturated carbocycles. The van der Waals surface area contributed by atoms with Crippen molar-refractivity contribution in [2.45, 2.75) is 13.0 Å². The third-order valence-corrected chi connectivity index (χ3v) is 3.46. The molecular formula is C16H16BrN3O2. The second kappa shape index (κ2) is 7.61. The van der Waals surface area contributed by atoms with E-state index in [1.54, 1.807) is 31.2 Å². The van der Waals surface area contributed by atoms with Gasteiger partial charge in [0.25, 0.3) is 5.91 Å². The second-order valence-electron chi connectivity index (χ2n) is 4.67. The van der Waals surface area contributed by atoms with Crippen molar-refractivity contribution < 1.29 is 9.90 Å². The first-order chi connectivity index (χ1) is 10.6. The van der Waals surface area contributed by atoms with Gasteiger partial charge in [-0.3, -0.25) is 4.79 Å². The van der Waals surface area contributed by atoms with Crippen LogP contribution in [0.4, 0.5) is 5.69 Å². The summed E-state index contributed by atoms with van der Waals surface area (Å²) in [6, 6.07) is 13.8. The predicted molar refractivity (Wildman–Crippen MR) is 91.1 cm³/mol. The molecule has 0 heterocycles. The van der Waals surface area contributed by atoms with E-state index in [9.17, 15) is 9.90 Å². The second-order valence-corrected chi connectivity index (χ2v) is 5.58. The molecule has 0 aromatic heterocycles. The Hall–Kier alpha value is -2.34. The summed E-state index contributed by atoms with van der Waals surface area (Å²) in [6.45, 7) is 1.74. The number of amides is 1. The van der Waals surface area contributed by atoms with Gasteiger partial charge in [0.15, 0.2) is 0 Å². The lowest BCUT2D eigenvalue weighted by Crippen LogP contribution is -2.34. The average molecular weight is 362 g/mol. The minimum absolute atomic E-state index is 0.113. The van der Waals surface area contributed by atoms with Crippen molar-refractivity contribution in [3.63, 3.8) is 0 Å². The Morgan fingerprint density at radius 1 is 1.23 bits per heavy atom. The van der Waals surface area contributed by atoms with Crippen LogP contribution in [0.2, 0.25) is 0 Å². The number of hydrogen-bond donors (Lipinski definition) is 3. The van der Waals surface area contributed by atoms with Crippen molar-refractivity contribution in [3.05, 3.63) is 58.6 Å². The molecule has 1 atom stereocenters. The molecule has 0 aliphatic rings. The van der Waals surface area contributed by atoms with E-state index >= 15 is 0 Å². The zero-order chi connectivity index (χ0) is 15.9. The number of rotatable bonds is 5. The molecule has 2 aromatic rings. The smallest absolute Gasteiger partial charge is 0.262 e. The third kappa shape index (κ3) is 4.60. The van der Waals surface area contributed by atoms with E-state index in [4.69, 9.17) is 0 Å². The van der Waals surface area contributed by atoms with Crippen molar-refractivity contribution in [1.82, 2.24) is 5.43 Å². The summed E-state index contributed by atoms with van der Waals surface area (Å²) in [6.07, 6.45) is 1.40. The van der Waals surface area contributed by atoms with Crippen LogP contribution in [0, 0.1) is 0 Å². The molecule has 0 spiro atoms. The van der Waals surface area contributed by atoms with Gasteiger partial charge in [-0.15, -0.1) is 0 Å². The molecule has 3 N–H and O–H groups in total.